The molecule has 0 bridgehead atoms. The van der Waals surface area contributed by atoms with Gasteiger partial charge in [-0.15, -0.1) is 0 Å². The molecule has 41 heavy (non-hydrogen) atoms. The van der Waals surface area contributed by atoms with E-state index in [1.165, 1.54) is 11.9 Å². The Kier molecular flexibility index (Phi) is 3.40. The second-order valence-electron chi connectivity index (χ2n) is 11.2. The van der Waals surface area contributed by atoms with Crippen LogP contribution in [0.15, 0.2) is 72.8 Å². The molecule has 0 fully saturated rings. The van der Waals surface area contributed by atoms with Crippen molar-refractivity contribution < 1.29 is 19.2 Å². The third-order valence-corrected chi connectivity index (χ3v) is 9.43. The fraction of sp³-hybridized carbons (Fsp3) is 0.0286. The first-order valence-corrected chi connectivity index (χ1v) is 13.4. The molecule has 8 aromatic carbocycles. The molecule has 10 rings (SSSR count). The van der Waals surface area contributed by atoms with Crippen LogP contribution in [-0.4, -0.2) is 35.6 Å². The third kappa shape index (κ3) is 2.19. The highest BCUT2D eigenvalue weighted by molar-refractivity contribution is 6.45. The average Bonchev–Trinajstić information content (AvgIpc) is 2.99. The van der Waals surface area contributed by atoms with E-state index in [-0.39, 0.29) is 23.6 Å². The summed E-state index contributed by atoms with van der Waals surface area (Å²) < 4.78 is 0. The maximum absolute atomic E-state index is 13.1. The van der Waals surface area contributed by atoms with Crippen LogP contribution in [0.3, 0.4) is 0 Å². The van der Waals surface area contributed by atoms with E-state index in [1.54, 1.807) is 0 Å². The zero-order valence-electron chi connectivity index (χ0n) is 21.5. The number of imide groups is 2. The number of nitrogens with zero attached hydrogens (tertiary/aromatic N) is 1. The van der Waals surface area contributed by atoms with Gasteiger partial charge in [0.1, 0.15) is 0 Å². The van der Waals surface area contributed by atoms with E-state index in [2.05, 4.69) is 29.6 Å². The lowest BCUT2D eigenvalue weighted by Crippen LogP contribution is -2.36. The van der Waals surface area contributed by atoms with E-state index in [1.807, 2.05) is 48.5 Å². The van der Waals surface area contributed by atoms with Crippen molar-refractivity contribution in [2.75, 3.05) is 7.05 Å². The Morgan fingerprint density at radius 1 is 0.390 bits per heavy atom. The zero-order valence-corrected chi connectivity index (χ0v) is 21.5. The van der Waals surface area contributed by atoms with Gasteiger partial charge >= 0.3 is 0 Å². The Labute approximate surface area is 230 Å². The largest absolute Gasteiger partial charge is 0.288 e. The highest BCUT2D eigenvalue weighted by atomic mass is 16.2. The smallest absolute Gasteiger partial charge is 0.261 e. The van der Waals surface area contributed by atoms with Gasteiger partial charge in [0.05, 0.1) is 0 Å². The molecule has 0 unspecified atom stereocenters. The predicted octanol–water partition coefficient (Wildman–Crippen LogP) is 6.74. The van der Waals surface area contributed by atoms with Crippen LogP contribution in [0.5, 0.6) is 0 Å². The fourth-order valence-corrected chi connectivity index (χ4v) is 7.71. The van der Waals surface area contributed by atoms with Gasteiger partial charge in [0.25, 0.3) is 23.6 Å². The van der Waals surface area contributed by atoms with Crippen molar-refractivity contribution in [3.05, 3.63) is 95.1 Å². The third-order valence-electron chi connectivity index (χ3n) is 9.43. The number of amides is 4. The van der Waals surface area contributed by atoms with E-state index < -0.39 is 0 Å². The minimum absolute atomic E-state index is 0.286. The Morgan fingerprint density at radius 2 is 0.659 bits per heavy atom. The van der Waals surface area contributed by atoms with E-state index in [9.17, 15) is 19.2 Å². The first-order valence-electron chi connectivity index (χ1n) is 13.4. The Morgan fingerprint density at radius 3 is 1.02 bits per heavy atom. The molecular weight excluding hydrogens is 512 g/mol. The average molecular weight is 529 g/mol. The lowest BCUT2D eigenvalue weighted by molar-refractivity contribution is 0.0649. The summed E-state index contributed by atoms with van der Waals surface area (Å²) in [5.41, 5.74) is 2.11. The van der Waals surface area contributed by atoms with Crippen molar-refractivity contribution >= 4 is 99.0 Å². The number of fused-ring (bicyclic) bond motifs is 4. The first-order chi connectivity index (χ1) is 19.9. The van der Waals surface area contributed by atoms with Gasteiger partial charge in [-0.05, 0) is 88.9 Å². The summed E-state index contributed by atoms with van der Waals surface area (Å²) in [6, 6.07) is 23.8. The number of nitrogens with one attached hydrogen (secondary N) is 1. The molecule has 2 aliphatic heterocycles. The summed E-state index contributed by atoms with van der Waals surface area (Å²) >= 11 is 0. The van der Waals surface area contributed by atoms with Crippen LogP contribution in [0.2, 0.25) is 0 Å². The van der Waals surface area contributed by atoms with Gasteiger partial charge in [-0.25, -0.2) is 0 Å². The highest BCUT2D eigenvalue weighted by Gasteiger charge is 2.32. The standard InChI is InChI=1S/C35H16N2O4/c1-37-34(40)24-12-8-20-16-4-2-14-18-6-10-22-30-23(33(39)36-32(22)38)11-7-19(28(18)30)15-3-5-17(27(16)26(14)15)21-9-13-25(35(37)41)31(24)29(20)21/h2-13H,1H3,(H,36,38,39). The molecule has 2 aliphatic rings. The molecule has 8 aromatic rings. The topological polar surface area (TPSA) is 83.6 Å². The Hall–Kier alpha value is -5.62. The van der Waals surface area contributed by atoms with E-state index >= 15 is 0 Å². The van der Waals surface area contributed by atoms with Crippen LogP contribution in [-0.2, 0) is 0 Å². The molecule has 0 saturated carbocycles. The van der Waals surface area contributed by atoms with Crippen molar-refractivity contribution in [3.63, 3.8) is 0 Å². The number of carbonyl (C=O) groups is 4. The predicted molar refractivity (Wildman–Crippen MR) is 160 cm³/mol. The molecule has 6 nitrogen and oxygen atoms in total. The second-order valence-corrected chi connectivity index (χ2v) is 11.2. The summed E-state index contributed by atoms with van der Waals surface area (Å²) in [5.74, 6) is -1.32. The van der Waals surface area contributed by atoms with Crippen LogP contribution in [0.25, 0.3) is 75.4 Å². The Balaban J connectivity index is 1.46. The first kappa shape index (κ1) is 21.2. The van der Waals surface area contributed by atoms with Crippen molar-refractivity contribution in [2.24, 2.45) is 0 Å². The lowest BCUT2D eigenvalue weighted by Gasteiger charge is -2.26. The minimum Gasteiger partial charge on any atom is -0.288 e. The summed E-state index contributed by atoms with van der Waals surface area (Å²) in [4.78, 5) is 52.9. The maximum atomic E-state index is 13.1. The summed E-state index contributed by atoms with van der Waals surface area (Å²) in [6.07, 6.45) is 0. The van der Waals surface area contributed by atoms with Crippen molar-refractivity contribution in [1.29, 1.82) is 0 Å². The summed E-state index contributed by atoms with van der Waals surface area (Å²) in [5, 5.41) is 16.2. The number of hydrogen-bond donors (Lipinski definition) is 1. The molecule has 0 aromatic heterocycles. The summed E-state index contributed by atoms with van der Waals surface area (Å²) in [6.45, 7) is 0. The normalized spacial score (nSPS) is 15.3. The van der Waals surface area contributed by atoms with Crippen molar-refractivity contribution in [3.8, 4) is 0 Å². The molecule has 0 spiro atoms. The molecule has 0 saturated heterocycles. The van der Waals surface area contributed by atoms with Gasteiger partial charge in [-0.1, -0.05) is 48.5 Å². The molecule has 4 amide bonds. The van der Waals surface area contributed by atoms with Gasteiger partial charge in [0, 0.05) is 40.1 Å². The number of benzene rings is 8. The molecule has 2 heterocycles. The Bertz CT molecular complexity index is 2480. The molecule has 6 heteroatoms. The highest BCUT2D eigenvalue weighted by Crippen LogP contribution is 2.49. The van der Waals surface area contributed by atoms with Crippen molar-refractivity contribution in [2.45, 2.75) is 0 Å². The molecule has 0 atom stereocenters. The van der Waals surface area contributed by atoms with E-state index in [4.69, 9.17) is 0 Å². The van der Waals surface area contributed by atoms with Crippen LogP contribution in [0, 0.1) is 0 Å². The number of carbonyl (C=O) groups excluding carboxylic acids is 4. The zero-order chi connectivity index (χ0) is 27.5. The van der Waals surface area contributed by atoms with Crippen molar-refractivity contribution in [1.82, 2.24) is 10.2 Å². The van der Waals surface area contributed by atoms with Gasteiger partial charge < -0.3 is 0 Å². The monoisotopic (exact) mass is 528 g/mol. The molecule has 0 radical (unpaired) electrons. The molecular formula is C35H16N2O4. The SMILES string of the molecule is CN1C(=O)c2ccc3c4ccc5c6ccc7c8c(ccc(c9ccc(c%10ccc(c2c3%10)C1=O)c4c59)c86)C(=O)NC7=O. The van der Waals surface area contributed by atoms with Crippen LogP contribution in [0.1, 0.15) is 41.4 Å². The fourth-order valence-electron chi connectivity index (χ4n) is 7.71. The van der Waals surface area contributed by atoms with Crippen LogP contribution < -0.4 is 5.32 Å². The lowest BCUT2D eigenvalue weighted by atomic mass is 9.81. The quantitative estimate of drug-likeness (QED) is 0.134. The van der Waals surface area contributed by atoms with Crippen LogP contribution in [0.4, 0.5) is 0 Å². The van der Waals surface area contributed by atoms with Gasteiger partial charge in [0.15, 0.2) is 0 Å². The molecule has 1 N–H and O–H groups in total. The van der Waals surface area contributed by atoms with E-state index in [0.717, 1.165) is 70.0 Å². The van der Waals surface area contributed by atoms with Gasteiger partial charge in [-0.3, -0.25) is 29.4 Å². The van der Waals surface area contributed by atoms with Crippen LogP contribution >= 0.6 is 0 Å². The molecule has 190 valence electrons. The maximum Gasteiger partial charge on any atom is 0.261 e. The minimum atomic E-state index is -0.373. The van der Waals surface area contributed by atoms with E-state index in [0.29, 0.717) is 27.6 Å². The number of rotatable bonds is 0. The van der Waals surface area contributed by atoms with Gasteiger partial charge in [-0.2, -0.15) is 0 Å². The van der Waals surface area contributed by atoms with Gasteiger partial charge in [0.2, 0.25) is 0 Å². The summed E-state index contributed by atoms with van der Waals surface area (Å²) in [7, 11) is 1.53. The second kappa shape index (κ2) is 6.57. The number of hydrogen-bond acceptors (Lipinski definition) is 4. The molecule has 0 aliphatic carbocycles.